The van der Waals surface area contributed by atoms with Crippen LogP contribution in [-0.2, 0) is 16.6 Å². The van der Waals surface area contributed by atoms with Gasteiger partial charge in [0.2, 0.25) is 10.0 Å². The molecule has 1 fully saturated rings. The Balaban J connectivity index is 2.06. The lowest BCUT2D eigenvalue weighted by molar-refractivity contribution is 0.385. The first-order chi connectivity index (χ1) is 9.98. The zero-order chi connectivity index (χ0) is 15.5. The highest BCUT2D eigenvalue weighted by atomic mass is 32.2. The average molecular weight is 332 g/mol. The fourth-order valence-electron chi connectivity index (χ4n) is 2.25. The molecule has 0 amide bonds. The van der Waals surface area contributed by atoms with E-state index in [0.29, 0.717) is 17.5 Å². The number of nitrogens with zero attached hydrogens (tertiary/aromatic N) is 1. The summed E-state index contributed by atoms with van der Waals surface area (Å²) in [7, 11) is -1.74. The number of aromatic nitrogens is 1. The Hall–Kier alpha value is -0.500. The Bertz CT molecular complexity index is 552. The van der Waals surface area contributed by atoms with Crippen molar-refractivity contribution >= 4 is 21.8 Å². The van der Waals surface area contributed by atoms with Gasteiger partial charge in [-0.15, -0.1) is 0 Å². The number of aromatic amines is 1. The molecule has 0 aromatic carbocycles. The number of thioether (sulfide) groups is 1. The van der Waals surface area contributed by atoms with Gasteiger partial charge in [-0.3, -0.25) is 0 Å². The van der Waals surface area contributed by atoms with E-state index in [1.165, 1.54) is 17.1 Å². The maximum atomic E-state index is 12.6. The first kappa shape index (κ1) is 16.9. The molecule has 1 atom stereocenters. The normalized spacial score (nSPS) is 17.3. The van der Waals surface area contributed by atoms with E-state index in [4.69, 9.17) is 0 Å². The van der Waals surface area contributed by atoms with Crippen LogP contribution in [0.1, 0.15) is 31.9 Å². The predicted molar refractivity (Wildman–Crippen MR) is 88.1 cm³/mol. The van der Waals surface area contributed by atoms with E-state index < -0.39 is 10.0 Å². The number of nitrogens with one attached hydrogen (secondary N) is 2. The third kappa shape index (κ3) is 4.25. The lowest BCUT2D eigenvalue weighted by Crippen LogP contribution is -2.38. The van der Waals surface area contributed by atoms with Crippen molar-refractivity contribution in [2.45, 2.75) is 49.7 Å². The standard InChI is InChI=1S/C14H25N3O2S2/c1-4-13(10-20-3)17(2)21(18,19)14-7-12(16-9-14)8-15-11-5-6-11/h7,9,11,13,15-16H,4-6,8,10H2,1-3H3. The van der Waals surface area contributed by atoms with Crippen LogP contribution in [0.25, 0.3) is 0 Å². The fourth-order valence-corrected chi connectivity index (χ4v) is 4.63. The summed E-state index contributed by atoms with van der Waals surface area (Å²) in [6.07, 6.45) is 6.86. The lowest BCUT2D eigenvalue weighted by Gasteiger charge is -2.25. The fraction of sp³-hybridized carbons (Fsp3) is 0.714. The van der Waals surface area contributed by atoms with Crippen molar-refractivity contribution in [2.24, 2.45) is 0 Å². The Labute approximate surface area is 131 Å². The van der Waals surface area contributed by atoms with Crippen LogP contribution in [0.3, 0.4) is 0 Å². The zero-order valence-electron chi connectivity index (χ0n) is 12.9. The van der Waals surface area contributed by atoms with Crippen molar-refractivity contribution in [2.75, 3.05) is 19.1 Å². The Morgan fingerprint density at radius 2 is 2.24 bits per heavy atom. The minimum Gasteiger partial charge on any atom is -0.363 e. The van der Waals surface area contributed by atoms with Crippen LogP contribution in [0.4, 0.5) is 0 Å². The molecule has 1 saturated carbocycles. The van der Waals surface area contributed by atoms with Crippen molar-refractivity contribution < 1.29 is 8.42 Å². The summed E-state index contributed by atoms with van der Waals surface area (Å²) in [4.78, 5) is 3.42. The Kier molecular flexibility index (Phi) is 5.76. The van der Waals surface area contributed by atoms with Crippen LogP contribution in [0, 0.1) is 0 Å². The second kappa shape index (κ2) is 7.17. The van der Waals surface area contributed by atoms with E-state index >= 15 is 0 Å². The van der Waals surface area contributed by atoms with Crippen LogP contribution in [0.2, 0.25) is 0 Å². The molecule has 0 spiro atoms. The quantitative estimate of drug-likeness (QED) is 0.727. The maximum absolute atomic E-state index is 12.6. The second-order valence-electron chi connectivity index (χ2n) is 5.55. The van der Waals surface area contributed by atoms with E-state index in [9.17, 15) is 8.42 Å². The van der Waals surface area contributed by atoms with Crippen molar-refractivity contribution in [1.82, 2.24) is 14.6 Å². The van der Waals surface area contributed by atoms with Gasteiger partial charge in [0, 0.05) is 43.3 Å². The van der Waals surface area contributed by atoms with Gasteiger partial charge in [0.25, 0.3) is 0 Å². The van der Waals surface area contributed by atoms with E-state index in [-0.39, 0.29) is 6.04 Å². The lowest BCUT2D eigenvalue weighted by atomic mass is 10.3. The molecule has 5 nitrogen and oxygen atoms in total. The van der Waals surface area contributed by atoms with Gasteiger partial charge < -0.3 is 10.3 Å². The predicted octanol–water partition coefficient (Wildman–Crippen LogP) is 2.03. The number of hydrogen-bond donors (Lipinski definition) is 2. The van der Waals surface area contributed by atoms with Gasteiger partial charge in [0.1, 0.15) is 0 Å². The molecule has 21 heavy (non-hydrogen) atoms. The SMILES string of the molecule is CCC(CSC)N(C)S(=O)(=O)c1c[nH]c(CNC2CC2)c1. The summed E-state index contributed by atoms with van der Waals surface area (Å²) in [6, 6.07) is 2.39. The molecule has 1 heterocycles. The summed E-state index contributed by atoms with van der Waals surface area (Å²) in [5.74, 6) is 0.812. The van der Waals surface area contributed by atoms with Crippen molar-refractivity contribution in [1.29, 1.82) is 0 Å². The molecule has 1 unspecified atom stereocenters. The monoisotopic (exact) mass is 331 g/mol. The van der Waals surface area contributed by atoms with Gasteiger partial charge in [-0.05, 0) is 31.6 Å². The van der Waals surface area contributed by atoms with E-state index in [1.807, 2.05) is 13.2 Å². The van der Waals surface area contributed by atoms with Crippen LogP contribution in [-0.4, -0.2) is 48.8 Å². The molecule has 0 bridgehead atoms. The van der Waals surface area contributed by atoms with Gasteiger partial charge >= 0.3 is 0 Å². The molecule has 1 aliphatic rings. The number of sulfonamides is 1. The van der Waals surface area contributed by atoms with E-state index in [0.717, 1.165) is 17.9 Å². The van der Waals surface area contributed by atoms with Crippen LogP contribution in [0.15, 0.2) is 17.2 Å². The summed E-state index contributed by atoms with van der Waals surface area (Å²) < 4.78 is 26.8. The van der Waals surface area contributed by atoms with Gasteiger partial charge in [-0.2, -0.15) is 16.1 Å². The molecule has 0 aliphatic heterocycles. The average Bonchev–Trinajstić information content (AvgIpc) is 3.17. The van der Waals surface area contributed by atoms with Gasteiger partial charge in [0.15, 0.2) is 0 Å². The van der Waals surface area contributed by atoms with Crippen LogP contribution >= 0.6 is 11.8 Å². The molecular formula is C14H25N3O2S2. The molecule has 1 aliphatic carbocycles. The molecule has 1 aromatic heterocycles. The maximum Gasteiger partial charge on any atom is 0.244 e. The Morgan fingerprint density at radius 1 is 1.52 bits per heavy atom. The number of rotatable bonds is 9. The smallest absolute Gasteiger partial charge is 0.244 e. The van der Waals surface area contributed by atoms with Crippen molar-refractivity contribution in [3.05, 3.63) is 18.0 Å². The topological polar surface area (TPSA) is 65.2 Å². The third-order valence-corrected chi connectivity index (χ3v) is 6.50. The zero-order valence-corrected chi connectivity index (χ0v) is 14.6. The molecule has 7 heteroatoms. The molecule has 2 N–H and O–H groups in total. The molecule has 1 aromatic rings. The first-order valence-corrected chi connectivity index (χ1v) is 10.2. The largest absolute Gasteiger partial charge is 0.363 e. The summed E-state index contributed by atoms with van der Waals surface area (Å²) in [5, 5.41) is 3.38. The number of H-pyrrole nitrogens is 1. The molecular weight excluding hydrogens is 306 g/mol. The summed E-state index contributed by atoms with van der Waals surface area (Å²) in [6.45, 7) is 2.72. The van der Waals surface area contributed by atoms with Gasteiger partial charge in [-0.25, -0.2) is 8.42 Å². The highest BCUT2D eigenvalue weighted by molar-refractivity contribution is 7.98. The highest BCUT2D eigenvalue weighted by Gasteiger charge is 2.28. The van der Waals surface area contributed by atoms with Gasteiger partial charge in [-0.1, -0.05) is 6.92 Å². The summed E-state index contributed by atoms with van der Waals surface area (Å²) >= 11 is 1.67. The second-order valence-corrected chi connectivity index (χ2v) is 8.46. The highest BCUT2D eigenvalue weighted by Crippen LogP contribution is 2.22. The van der Waals surface area contributed by atoms with Crippen molar-refractivity contribution in [3.63, 3.8) is 0 Å². The minimum atomic E-state index is -3.41. The van der Waals surface area contributed by atoms with E-state index in [2.05, 4.69) is 10.3 Å². The van der Waals surface area contributed by atoms with Crippen LogP contribution in [0.5, 0.6) is 0 Å². The first-order valence-electron chi connectivity index (χ1n) is 7.36. The minimum absolute atomic E-state index is 0.0351. The molecule has 0 radical (unpaired) electrons. The van der Waals surface area contributed by atoms with Crippen LogP contribution < -0.4 is 5.32 Å². The molecule has 2 rings (SSSR count). The van der Waals surface area contributed by atoms with Crippen molar-refractivity contribution in [3.8, 4) is 0 Å². The molecule has 120 valence electrons. The summed E-state index contributed by atoms with van der Waals surface area (Å²) in [5.41, 5.74) is 0.923. The number of hydrogen-bond acceptors (Lipinski definition) is 4. The Morgan fingerprint density at radius 3 is 2.81 bits per heavy atom. The van der Waals surface area contributed by atoms with E-state index in [1.54, 1.807) is 31.1 Å². The molecule has 0 saturated heterocycles. The van der Waals surface area contributed by atoms with Gasteiger partial charge in [0.05, 0.1) is 4.90 Å². The third-order valence-electron chi connectivity index (χ3n) is 3.90.